The van der Waals surface area contributed by atoms with E-state index in [4.69, 9.17) is 4.74 Å². The van der Waals surface area contributed by atoms with Crippen molar-refractivity contribution in [3.05, 3.63) is 58.3 Å². The summed E-state index contributed by atoms with van der Waals surface area (Å²) in [6.07, 6.45) is 0.794. The van der Waals surface area contributed by atoms with Crippen LogP contribution >= 0.6 is 11.3 Å². The molecule has 1 aliphatic rings. The lowest BCUT2D eigenvalue weighted by Gasteiger charge is -2.26. The molecule has 1 aromatic carbocycles. The van der Waals surface area contributed by atoms with Gasteiger partial charge in [-0.3, -0.25) is 0 Å². The first-order chi connectivity index (χ1) is 11.3. The van der Waals surface area contributed by atoms with Gasteiger partial charge in [0, 0.05) is 18.0 Å². The summed E-state index contributed by atoms with van der Waals surface area (Å²) in [7, 11) is 0. The number of benzene rings is 1. The summed E-state index contributed by atoms with van der Waals surface area (Å²) in [6.45, 7) is 4.03. The Morgan fingerprint density at radius 3 is 2.83 bits per heavy atom. The highest BCUT2D eigenvalue weighted by molar-refractivity contribution is 7.09. The zero-order chi connectivity index (χ0) is 16.1. The molecule has 0 saturated carbocycles. The largest absolute Gasteiger partial charge is 0.371 e. The number of urea groups is 1. The van der Waals surface area contributed by atoms with Gasteiger partial charge in [-0.05, 0) is 30.4 Å². The van der Waals surface area contributed by atoms with Crippen molar-refractivity contribution in [3.8, 4) is 0 Å². The zero-order valence-corrected chi connectivity index (χ0v) is 14.1. The molecule has 2 unspecified atom stereocenters. The average Bonchev–Trinajstić information content (AvgIpc) is 3.25. The molecule has 4 nitrogen and oxygen atoms in total. The molecule has 1 saturated heterocycles. The molecule has 5 heteroatoms. The lowest BCUT2D eigenvalue weighted by molar-refractivity contribution is 0.0980. The van der Waals surface area contributed by atoms with Crippen molar-refractivity contribution in [2.75, 3.05) is 13.2 Å². The van der Waals surface area contributed by atoms with E-state index in [1.54, 1.807) is 11.3 Å². The van der Waals surface area contributed by atoms with Crippen LogP contribution < -0.4 is 5.32 Å². The second kappa shape index (κ2) is 7.62. The van der Waals surface area contributed by atoms with Crippen LogP contribution in [0.3, 0.4) is 0 Å². The first kappa shape index (κ1) is 16.0. The number of nitrogens with zero attached hydrogens (tertiary/aromatic N) is 1. The first-order valence-corrected chi connectivity index (χ1v) is 8.90. The van der Waals surface area contributed by atoms with Crippen molar-refractivity contribution < 1.29 is 9.53 Å². The molecule has 2 aromatic rings. The van der Waals surface area contributed by atoms with E-state index >= 15 is 0 Å². The molecule has 0 aliphatic carbocycles. The van der Waals surface area contributed by atoms with Gasteiger partial charge in [-0.1, -0.05) is 36.4 Å². The molecule has 1 aromatic heterocycles. The molecule has 0 radical (unpaired) electrons. The van der Waals surface area contributed by atoms with Crippen molar-refractivity contribution in [1.82, 2.24) is 10.2 Å². The monoisotopic (exact) mass is 330 g/mol. The molecule has 2 atom stereocenters. The topological polar surface area (TPSA) is 41.6 Å². The van der Waals surface area contributed by atoms with E-state index in [1.165, 1.54) is 4.88 Å². The Morgan fingerprint density at radius 1 is 1.30 bits per heavy atom. The number of carbonyl (C=O) groups is 1. The Bertz CT molecular complexity index is 615. The molecule has 122 valence electrons. The minimum atomic E-state index is -0.0550. The fraction of sp³-hybridized carbons (Fsp3) is 0.389. The highest BCUT2D eigenvalue weighted by atomic mass is 32.1. The molecule has 23 heavy (non-hydrogen) atoms. The zero-order valence-electron chi connectivity index (χ0n) is 13.3. The molecule has 1 N–H and O–H groups in total. The summed E-state index contributed by atoms with van der Waals surface area (Å²) in [5.41, 5.74) is 1.12. The second-order valence-corrected chi connectivity index (χ2v) is 6.67. The number of ether oxygens (including phenoxy) is 1. The summed E-state index contributed by atoms with van der Waals surface area (Å²) < 4.78 is 5.84. The van der Waals surface area contributed by atoms with E-state index in [0.29, 0.717) is 19.7 Å². The van der Waals surface area contributed by atoms with E-state index < -0.39 is 0 Å². The minimum Gasteiger partial charge on any atom is -0.371 e. The summed E-state index contributed by atoms with van der Waals surface area (Å²) in [5.74, 6) is 0. The average molecular weight is 330 g/mol. The van der Waals surface area contributed by atoms with E-state index in [0.717, 1.165) is 12.0 Å². The number of hydrogen-bond donors (Lipinski definition) is 1. The van der Waals surface area contributed by atoms with E-state index in [2.05, 4.69) is 23.5 Å². The lowest BCUT2D eigenvalue weighted by atomic mass is 10.0. The van der Waals surface area contributed by atoms with Gasteiger partial charge in [0.05, 0.1) is 12.6 Å². The van der Waals surface area contributed by atoms with Crippen LogP contribution in [0.25, 0.3) is 0 Å². The summed E-state index contributed by atoms with van der Waals surface area (Å²) in [4.78, 5) is 15.6. The van der Waals surface area contributed by atoms with Crippen LogP contribution in [-0.4, -0.2) is 30.1 Å². The van der Waals surface area contributed by atoms with Crippen LogP contribution in [-0.2, 0) is 11.3 Å². The standard InChI is InChI=1S/C18H22N2O2S/c1-2-20(13-15-9-6-12-23-15)18(21)19-16-10-11-22-17(16)14-7-4-3-5-8-14/h3-9,12,16-17H,2,10-11,13H2,1H3,(H,19,21). The predicted molar refractivity (Wildman–Crippen MR) is 92.5 cm³/mol. The molecule has 1 aliphatic heterocycles. The molecule has 2 amide bonds. The molecule has 0 bridgehead atoms. The second-order valence-electron chi connectivity index (χ2n) is 5.64. The normalized spacial score (nSPS) is 20.4. The van der Waals surface area contributed by atoms with E-state index in [-0.39, 0.29) is 18.2 Å². The van der Waals surface area contributed by atoms with E-state index in [9.17, 15) is 4.79 Å². The number of nitrogens with one attached hydrogen (secondary N) is 1. The molecule has 0 spiro atoms. The quantitative estimate of drug-likeness (QED) is 0.906. The Kier molecular flexibility index (Phi) is 5.31. The molecule has 1 fully saturated rings. The highest BCUT2D eigenvalue weighted by Gasteiger charge is 2.31. The lowest BCUT2D eigenvalue weighted by Crippen LogP contribution is -2.45. The van der Waals surface area contributed by atoms with Crippen molar-refractivity contribution >= 4 is 17.4 Å². The van der Waals surface area contributed by atoms with E-state index in [1.807, 2.05) is 41.5 Å². The number of hydrogen-bond acceptors (Lipinski definition) is 3. The molecular formula is C18H22N2O2S. The molecule has 2 heterocycles. The van der Waals surface area contributed by atoms with Crippen molar-refractivity contribution in [2.24, 2.45) is 0 Å². The maximum absolute atomic E-state index is 12.6. The number of carbonyl (C=O) groups excluding carboxylic acids is 1. The van der Waals surface area contributed by atoms with Gasteiger partial charge in [-0.2, -0.15) is 0 Å². The predicted octanol–water partition coefficient (Wildman–Crippen LogP) is 3.81. The fourth-order valence-corrected chi connectivity index (χ4v) is 3.60. The van der Waals surface area contributed by atoms with Crippen LogP contribution in [0.15, 0.2) is 47.8 Å². The van der Waals surface area contributed by atoms with Gasteiger partial charge >= 0.3 is 6.03 Å². The van der Waals surface area contributed by atoms with Gasteiger partial charge < -0.3 is 15.0 Å². The van der Waals surface area contributed by atoms with Gasteiger partial charge in [0.1, 0.15) is 6.10 Å². The molecule has 3 rings (SSSR count). The van der Waals surface area contributed by atoms with Gasteiger partial charge in [-0.25, -0.2) is 4.79 Å². The Morgan fingerprint density at radius 2 is 2.13 bits per heavy atom. The van der Waals surface area contributed by atoms with Gasteiger partial charge in [0.25, 0.3) is 0 Å². The summed E-state index contributed by atoms with van der Waals surface area (Å²) in [5, 5.41) is 5.20. The maximum Gasteiger partial charge on any atom is 0.318 e. The van der Waals surface area contributed by atoms with Crippen LogP contribution in [0.2, 0.25) is 0 Å². The highest BCUT2D eigenvalue weighted by Crippen LogP contribution is 2.29. The number of thiophene rings is 1. The third-order valence-electron chi connectivity index (χ3n) is 4.12. The number of rotatable bonds is 5. The van der Waals surface area contributed by atoms with Crippen LogP contribution in [0.4, 0.5) is 4.79 Å². The Labute approximate surface area is 141 Å². The van der Waals surface area contributed by atoms with Crippen molar-refractivity contribution in [1.29, 1.82) is 0 Å². The summed E-state index contributed by atoms with van der Waals surface area (Å²) in [6, 6.07) is 14.2. The molecular weight excluding hydrogens is 308 g/mol. The van der Waals surface area contributed by atoms with Gasteiger partial charge in [0.15, 0.2) is 0 Å². The number of amides is 2. The third-order valence-corrected chi connectivity index (χ3v) is 4.99. The smallest absolute Gasteiger partial charge is 0.318 e. The van der Waals surface area contributed by atoms with Gasteiger partial charge in [-0.15, -0.1) is 11.3 Å². The first-order valence-electron chi connectivity index (χ1n) is 8.02. The minimum absolute atomic E-state index is 0.0164. The van der Waals surface area contributed by atoms with Crippen molar-refractivity contribution in [2.45, 2.75) is 32.0 Å². The SMILES string of the molecule is CCN(Cc1cccs1)C(=O)NC1CCOC1c1ccccc1. The maximum atomic E-state index is 12.6. The Balaban J connectivity index is 1.63. The third kappa shape index (κ3) is 3.92. The Hall–Kier alpha value is -1.85. The van der Waals surface area contributed by atoms with Crippen LogP contribution in [0.1, 0.15) is 29.9 Å². The fourth-order valence-electron chi connectivity index (χ4n) is 2.88. The summed E-state index contributed by atoms with van der Waals surface area (Å²) >= 11 is 1.68. The van der Waals surface area contributed by atoms with Crippen molar-refractivity contribution in [3.63, 3.8) is 0 Å². The van der Waals surface area contributed by atoms with Gasteiger partial charge in [0.2, 0.25) is 0 Å². The van der Waals surface area contributed by atoms with Crippen LogP contribution in [0, 0.1) is 0 Å². The van der Waals surface area contributed by atoms with Crippen LogP contribution in [0.5, 0.6) is 0 Å².